The number of hydrogen-bond donors (Lipinski definition) is 2. The van der Waals surface area contributed by atoms with Gasteiger partial charge in [0.25, 0.3) is 5.91 Å². The van der Waals surface area contributed by atoms with E-state index >= 15 is 0 Å². The molecule has 1 saturated heterocycles. The second kappa shape index (κ2) is 6.83. The summed E-state index contributed by atoms with van der Waals surface area (Å²) in [5.41, 5.74) is 3.91. The number of likely N-dealkylation sites (N-methyl/N-ethyl adjacent to an activating group) is 2. The summed E-state index contributed by atoms with van der Waals surface area (Å²) >= 11 is 0. The molecule has 1 amide bonds. The highest BCUT2D eigenvalue weighted by molar-refractivity contribution is 5.93. The van der Waals surface area contributed by atoms with Crippen molar-refractivity contribution in [3.8, 4) is 0 Å². The summed E-state index contributed by atoms with van der Waals surface area (Å²) in [4.78, 5) is 16.3. The van der Waals surface area contributed by atoms with Gasteiger partial charge >= 0.3 is 0 Å². The predicted molar refractivity (Wildman–Crippen MR) is 80.1 cm³/mol. The molecule has 1 heterocycles. The van der Waals surface area contributed by atoms with E-state index in [1.807, 2.05) is 18.2 Å². The van der Waals surface area contributed by atoms with Crippen molar-refractivity contribution < 1.29 is 4.79 Å². The van der Waals surface area contributed by atoms with Gasteiger partial charge in [0, 0.05) is 24.7 Å². The number of benzene rings is 1. The summed E-state index contributed by atoms with van der Waals surface area (Å²) in [5, 5.41) is 0. The van der Waals surface area contributed by atoms with E-state index in [9.17, 15) is 4.79 Å². The first kappa shape index (κ1) is 15.0. The van der Waals surface area contributed by atoms with Crippen molar-refractivity contribution in [3.63, 3.8) is 0 Å². The van der Waals surface area contributed by atoms with E-state index in [0.717, 1.165) is 18.7 Å². The van der Waals surface area contributed by atoms with Crippen LogP contribution in [-0.4, -0.2) is 48.9 Å². The van der Waals surface area contributed by atoms with Crippen molar-refractivity contribution in [2.45, 2.75) is 25.4 Å². The van der Waals surface area contributed by atoms with Gasteiger partial charge in [0.2, 0.25) is 0 Å². The lowest BCUT2D eigenvalue weighted by molar-refractivity contribution is 0.0953. The molecule has 1 aliphatic heterocycles. The number of rotatable bonds is 5. The number of amides is 1. The first-order valence-corrected chi connectivity index (χ1v) is 7.09. The molecular weight excluding hydrogens is 252 g/mol. The number of hydrogen-bond acceptors (Lipinski definition) is 4. The molecule has 0 radical (unpaired) electrons. The predicted octanol–water partition coefficient (Wildman–Crippen LogP) is 0.816. The summed E-state index contributed by atoms with van der Waals surface area (Å²) in [6, 6.07) is 8.26. The molecule has 0 aromatic heterocycles. The van der Waals surface area contributed by atoms with Crippen LogP contribution in [-0.2, 0) is 6.54 Å². The molecule has 20 heavy (non-hydrogen) atoms. The van der Waals surface area contributed by atoms with Crippen LogP contribution in [0, 0.1) is 0 Å². The second-order valence-electron chi connectivity index (χ2n) is 5.65. The molecule has 2 rings (SSSR count). The fourth-order valence-electron chi connectivity index (χ4n) is 2.84. The number of nitrogens with zero attached hydrogens (tertiary/aromatic N) is 2. The number of nitrogen functional groups attached to an aromatic ring is 1. The Morgan fingerprint density at radius 2 is 2.35 bits per heavy atom. The topological polar surface area (TPSA) is 61.6 Å². The van der Waals surface area contributed by atoms with Gasteiger partial charge in [0.1, 0.15) is 0 Å². The van der Waals surface area contributed by atoms with E-state index in [1.165, 1.54) is 19.4 Å². The zero-order valence-electron chi connectivity index (χ0n) is 12.3. The maximum Gasteiger partial charge on any atom is 0.265 e. The van der Waals surface area contributed by atoms with Gasteiger partial charge < -0.3 is 9.80 Å². The first-order valence-electron chi connectivity index (χ1n) is 7.09. The van der Waals surface area contributed by atoms with Gasteiger partial charge in [-0.3, -0.25) is 10.2 Å². The van der Waals surface area contributed by atoms with Gasteiger partial charge in [0.15, 0.2) is 0 Å². The van der Waals surface area contributed by atoms with Crippen LogP contribution in [0.5, 0.6) is 0 Å². The average Bonchev–Trinajstić information content (AvgIpc) is 2.83. The van der Waals surface area contributed by atoms with E-state index in [2.05, 4.69) is 29.3 Å². The Labute approximate surface area is 120 Å². The summed E-state index contributed by atoms with van der Waals surface area (Å²) < 4.78 is 0. The molecule has 0 saturated carbocycles. The van der Waals surface area contributed by atoms with Crippen LogP contribution in [0.2, 0.25) is 0 Å². The minimum atomic E-state index is -0.245. The number of nitrogens with one attached hydrogen (secondary N) is 1. The van der Waals surface area contributed by atoms with Crippen molar-refractivity contribution in [3.05, 3.63) is 35.4 Å². The zero-order chi connectivity index (χ0) is 14.5. The molecule has 5 nitrogen and oxygen atoms in total. The van der Waals surface area contributed by atoms with E-state index < -0.39 is 0 Å². The van der Waals surface area contributed by atoms with Crippen LogP contribution in [0.25, 0.3) is 0 Å². The van der Waals surface area contributed by atoms with Gasteiger partial charge in [-0.1, -0.05) is 12.1 Å². The molecular formula is C15H24N4O. The molecule has 0 spiro atoms. The molecule has 1 aliphatic rings. The van der Waals surface area contributed by atoms with E-state index in [0.29, 0.717) is 11.6 Å². The third-order valence-corrected chi connectivity index (χ3v) is 3.97. The molecule has 1 aromatic carbocycles. The van der Waals surface area contributed by atoms with E-state index in [-0.39, 0.29) is 5.91 Å². The largest absolute Gasteiger partial charge is 0.302 e. The second-order valence-corrected chi connectivity index (χ2v) is 5.65. The van der Waals surface area contributed by atoms with E-state index in [4.69, 9.17) is 5.84 Å². The standard InChI is InChI=1S/C15H24N4O/c1-18(11-14-7-4-8-19(14)2)10-12-5-3-6-13(9-12)15(20)17-16/h3,5-6,9,14H,4,7-8,10-11,16H2,1-2H3,(H,17,20). The molecule has 0 aliphatic carbocycles. The average molecular weight is 276 g/mol. The first-order chi connectivity index (χ1) is 9.60. The van der Waals surface area contributed by atoms with Crippen molar-refractivity contribution in [1.29, 1.82) is 0 Å². The molecule has 1 fully saturated rings. The van der Waals surface area contributed by atoms with Crippen LogP contribution in [0.15, 0.2) is 24.3 Å². The van der Waals surface area contributed by atoms with Crippen molar-refractivity contribution in [2.24, 2.45) is 5.84 Å². The van der Waals surface area contributed by atoms with Gasteiger partial charge in [-0.25, -0.2) is 5.84 Å². The Morgan fingerprint density at radius 1 is 1.55 bits per heavy atom. The maximum absolute atomic E-state index is 11.5. The smallest absolute Gasteiger partial charge is 0.265 e. The third kappa shape index (κ3) is 3.79. The van der Waals surface area contributed by atoms with Crippen LogP contribution in [0.1, 0.15) is 28.8 Å². The number of carbonyl (C=O) groups is 1. The normalized spacial score (nSPS) is 19.5. The molecule has 1 atom stereocenters. The van der Waals surface area contributed by atoms with Crippen LogP contribution < -0.4 is 11.3 Å². The highest BCUT2D eigenvalue weighted by Crippen LogP contribution is 2.16. The third-order valence-electron chi connectivity index (χ3n) is 3.97. The molecule has 3 N–H and O–H groups in total. The minimum absolute atomic E-state index is 0.245. The quantitative estimate of drug-likeness (QED) is 0.475. The van der Waals surface area contributed by atoms with Crippen molar-refractivity contribution in [1.82, 2.24) is 15.2 Å². The van der Waals surface area contributed by atoms with Gasteiger partial charge in [0.05, 0.1) is 0 Å². The molecule has 1 unspecified atom stereocenters. The molecule has 1 aromatic rings. The highest BCUT2D eigenvalue weighted by Gasteiger charge is 2.21. The monoisotopic (exact) mass is 276 g/mol. The van der Waals surface area contributed by atoms with Gasteiger partial charge in [-0.15, -0.1) is 0 Å². The van der Waals surface area contributed by atoms with Crippen LogP contribution in [0.4, 0.5) is 0 Å². The van der Waals surface area contributed by atoms with E-state index in [1.54, 1.807) is 6.07 Å². The summed E-state index contributed by atoms with van der Waals surface area (Å²) in [6.07, 6.45) is 2.57. The number of nitrogens with two attached hydrogens (primary N) is 1. The number of carbonyl (C=O) groups excluding carboxylic acids is 1. The minimum Gasteiger partial charge on any atom is -0.302 e. The van der Waals surface area contributed by atoms with Crippen LogP contribution >= 0.6 is 0 Å². The fourth-order valence-corrected chi connectivity index (χ4v) is 2.84. The summed E-state index contributed by atoms with van der Waals surface area (Å²) in [5.74, 6) is 4.92. The van der Waals surface area contributed by atoms with Gasteiger partial charge in [-0.2, -0.15) is 0 Å². The Hall–Kier alpha value is -1.43. The lowest BCUT2D eigenvalue weighted by Crippen LogP contribution is -2.36. The lowest BCUT2D eigenvalue weighted by atomic mass is 10.1. The Kier molecular flexibility index (Phi) is 5.11. The van der Waals surface area contributed by atoms with Crippen molar-refractivity contribution >= 4 is 5.91 Å². The highest BCUT2D eigenvalue weighted by atomic mass is 16.2. The number of likely N-dealkylation sites (tertiary alicyclic amines) is 1. The Bertz CT molecular complexity index is 463. The fraction of sp³-hybridized carbons (Fsp3) is 0.533. The molecule has 5 heteroatoms. The lowest BCUT2D eigenvalue weighted by Gasteiger charge is -2.25. The SMILES string of the molecule is CN(Cc1cccc(C(=O)NN)c1)CC1CCCN1C. The molecule has 110 valence electrons. The maximum atomic E-state index is 11.5. The Balaban J connectivity index is 1.93. The van der Waals surface area contributed by atoms with Gasteiger partial charge in [-0.05, 0) is 51.2 Å². The van der Waals surface area contributed by atoms with Crippen LogP contribution in [0.3, 0.4) is 0 Å². The summed E-state index contributed by atoms with van der Waals surface area (Å²) in [7, 11) is 4.32. The Morgan fingerprint density at radius 3 is 3.00 bits per heavy atom. The molecule has 0 bridgehead atoms. The number of hydrazine groups is 1. The summed E-state index contributed by atoms with van der Waals surface area (Å²) in [6.45, 7) is 3.10. The van der Waals surface area contributed by atoms with Crippen molar-refractivity contribution in [2.75, 3.05) is 27.2 Å². The zero-order valence-corrected chi connectivity index (χ0v) is 12.3.